The first-order valence-electron chi connectivity index (χ1n) is 22.6. The Morgan fingerprint density at radius 1 is 0.362 bits per heavy atom. The molecule has 2 N–H and O–H groups in total. The quantitative estimate of drug-likeness (QED) is 0.160. The number of hydrogen-bond acceptors (Lipinski definition) is 5. The molecule has 0 aliphatic rings. The van der Waals surface area contributed by atoms with Crippen molar-refractivity contribution in [2.75, 3.05) is 5.73 Å². The lowest BCUT2D eigenvalue weighted by Gasteiger charge is -2.30. The highest BCUT2D eigenvalue weighted by atomic mass is 16.3. The van der Waals surface area contributed by atoms with Crippen molar-refractivity contribution < 1.29 is 4.42 Å². The van der Waals surface area contributed by atoms with Gasteiger partial charge in [-0.25, -0.2) is 0 Å². The molecule has 12 aromatic rings. The number of para-hydroxylation sites is 3. The van der Waals surface area contributed by atoms with Crippen molar-refractivity contribution in [1.29, 1.82) is 15.8 Å². The summed E-state index contributed by atoms with van der Waals surface area (Å²) >= 11 is 0. The second-order valence-corrected chi connectivity index (χ2v) is 17.0. The van der Waals surface area contributed by atoms with Gasteiger partial charge in [0.05, 0.1) is 45.9 Å². The zero-order valence-electron chi connectivity index (χ0n) is 37.0. The monoisotopic (exact) mass is 879 g/mol. The van der Waals surface area contributed by atoms with E-state index in [1.54, 1.807) is 0 Å². The lowest BCUT2D eigenvalue weighted by molar-refractivity contribution is 0.669. The Morgan fingerprint density at radius 2 is 0.841 bits per heavy atom. The number of nitrogens with two attached hydrogens (primary N) is 1. The van der Waals surface area contributed by atoms with Crippen LogP contribution in [0.15, 0.2) is 217 Å². The molecule has 320 valence electrons. The van der Waals surface area contributed by atoms with Gasteiger partial charge in [-0.05, 0) is 117 Å². The zero-order valence-corrected chi connectivity index (χ0v) is 37.0. The van der Waals surface area contributed by atoms with Crippen LogP contribution in [0.4, 0.5) is 5.69 Å². The van der Waals surface area contributed by atoms with Crippen molar-refractivity contribution >= 4 is 49.4 Å². The molecule has 0 aliphatic heterocycles. The summed E-state index contributed by atoms with van der Waals surface area (Å²) in [6.45, 7) is 0. The molecule has 2 heterocycles. The molecule has 12 rings (SSSR count). The van der Waals surface area contributed by atoms with Gasteiger partial charge >= 0.3 is 0 Å². The minimum atomic E-state index is 0.467. The minimum absolute atomic E-state index is 0.467. The third kappa shape index (κ3) is 6.46. The SMILES string of the molecule is N#Cc1ccc(-c2c(-c3ccc(N)cc3)c(-c3cccc4c3c3ccccc3n4-c3ccccc3)c(-c3ccccc3C#N)c(-c3ccccc3C#N)c2-c2cccc3oc4ccccc4c23)cc1. The molecule has 0 saturated heterocycles. The smallest absolute Gasteiger partial charge is 0.136 e. The lowest BCUT2D eigenvalue weighted by atomic mass is 9.72. The first-order valence-corrected chi connectivity index (χ1v) is 22.6. The van der Waals surface area contributed by atoms with Crippen LogP contribution in [0.1, 0.15) is 16.7 Å². The minimum Gasteiger partial charge on any atom is -0.456 e. The summed E-state index contributed by atoms with van der Waals surface area (Å²) in [5.41, 5.74) is 23.0. The maximum Gasteiger partial charge on any atom is 0.136 e. The van der Waals surface area contributed by atoms with E-state index in [2.05, 4.69) is 114 Å². The van der Waals surface area contributed by atoms with E-state index in [1.807, 2.05) is 121 Å². The van der Waals surface area contributed by atoms with E-state index in [0.29, 0.717) is 39.1 Å². The van der Waals surface area contributed by atoms with Crippen LogP contribution in [-0.2, 0) is 0 Å². The molecule has 0 fully saturated rings. The summed E-state index contributed by atoms with van der Waals surface area (Å²) in [5.74, 6) is 0. The standard InChI is InChI=1S/C63H37N5O/c64-36-39-28-30-40(31-29-39)56-57(41-32-34-44(67)35-33-41)62(50-22-12-25-53-58(50)48-20-8-10-24-52(48)68(53)45-16-2-1-3-17-45)60(46-18-6-4-14-42(46)37-65)61(47-19-7-5-15-43(47)38-66)63(56)51-23-13-27-55-59(51)49-21-9-11-26-54(49)69-55/h1-35H,67H2. The predicted octanol–water partition coefficient (Wildman–Crippen LogP) is 15.9. The summed E-state index contributed by atoms with van der Waals surface area (Å²) in [7, 11) is 0. The van der Waals surface area contributed by atoms with Gasteiger partial charge in [0.2, 0.25) is 0 Å². The molecule has 69 heavy (non-hydrogen) atoms. The van der Waals surface area contributed by atoms with Crippen LogP contribution in [0.25, 0.3) is 116 Å². The van der Waals surface area contributed by atoms with Gasteiger partial charge < -0.3 is 14.7 Å². The molecule has 0 bridgehead atoms. The van der Waals surface area contributed by atoms with Crippen molar-refractivity contribution in [3.05, 3.63) is 229 Å². The molecule has 2 aromatic heterocycles. The first kappa shape index (κ1) is 40.6. The molecule has 0 aliphatic carbocycles. The van der Waals surface area contributed by atoms with Crippen molar-refractivity contribution in [2.45, 2.75) is 0 Å². The van der Waals surface area contributed by atoms with Gasteiger partial charge in [-0.1, -0.05) is 140 Å². The molecule has 6 heteroatoms. The number of nitriles is 3. The number of rotatable bonds is 7. The maximum atomic E-state index is 11.2. The van der Waals surface area contributed by atoms with Gasteiger partial charge in [0, 0.05) is 55.2 Å². The molecule has 0 radical (unpaired) electrons. The fraction of sp³-hybridized carbons (Fsp3) is 0. The average Bonchev–Trinajstić information content (AvgIpc) is 3.97. The molecule has 0 amide bonds. The summed E-state index contributed by atoms with van der Waals surface area (Å²) in [4.78, 5) is 0. The van der Waals surface area contributed by atoms with E-state index < -0.39 is 0 Å². The van der Waals surface area contributed by atoms with E-state index in [0.717, 1.165) is 99.5 Å². The second kappa shape index (κ2) is 16.5. The van der Waals surface area contributed by atoms with E-state index in [-0.39, 0.29) is 0 Å². The third-order valence-corrected chi connectivity index (χ3v) is 13.3. The Kier molecular flexibility index (Phi) is 9.70. The van der Waals surface area contributed by atoms with Gasteiger partial charge in [0.15, 0.2) is 0 Å². The Bertz CT molecular complexity index is 4160. The van der Waals surface area contributed by atoms with Crippen LogP contribution in [0, 0.1) is 34.0 Å². The maximum absolute atomic E-state index is 11.2. The number of aromatic nitrogens is 1. The number of nitrogen functional groups attached to an aromatic ring is 1. The molecule has 10 aromatic carbocycles. The van der Waals surface area contributed by atoms with Crippen LogP contribution < -0.4 is 5.73 Å². The molecular weight excluding hydrogens is 843 g/mol. The van der Waals surface area contributed by atoms with Gasteiger partial charge in [0.1, 0.15) is 11.2 Å². The van der Waals surface area contributed by atoms with E-state index in [9.17, 15) is 15.8 Å². The average molecular weight is 880 g/mol. The van der Waals surface area contributed by atoms with Gasteiger partial charge in [-0.3, -0.25) is 0 Å². The number of benzene rings is 10. The van der Waals surface area contributed by atoms with Crippen molar-refractivity contribution in [1.82, 2.24) is 4.57 Å². The highest BCUT2D eigenvalue weighted by Crippen LogP contribution is 2.59. The molecule has 0 unspecified atom stereocenters. The molecular formula is C63H37N5O. The third-order valence-electron chi connectivity index (χ3n) is 13.3. The van der Waals surface area contributed by atoms with Crippen LogP contribution in [0.3, 0.4) is 0 Å². The van der Waals surface area contributed by atoms with Crippen molar-refractivity contribution in [3.63, 3.8) is 0 Å². The van der Waals surface area contributed by atoms with Gasteiger partial charge in [-0.2, -0.15) is 15.8 Å². The highest BCUT2D eigenvalue weighted by molar-refractivity contribution is 6.25. The van der Waals surface area contributed by atoms with E-state index in [1.165, 1.54) is 0 Å². The number of hydrogen-bond donors (Lipinski definition) is 1. The largest absolute Gasteiger partial charge is 0.456 e. The molecule has 0 spiro atoms. The zero-order chi connectivity index (χ0) is 46.6. The molecule has 0 saturated carbocycles. The number of furan rings is 1. The number of fused-ring (bicyclic) bond motifs is 6. The van der Waals surface area contributed by atoms with Crippen LogP contribution in [0.5, 0.6) is 0 Å². The molecule has 6 nitrogen and oxygen atoms in total. The van der Waals surface area contributed by atoms with Crippen LogP contribution in [-0.4, -0.2) is 4.57 Å². The van der Waals surface area contributed by atoms with Gasteiger partial charge in [0.25, 0.3) is 0 Å². The van der Waals surface area contributed by atoms with Crippen molar-refractivity contribution in [2.24, 2.45) is 0 Å². The Morgan fingerprint density at radius 3 is 1.48 bits per heavy atom. The highest BCUT2D eigenvalue weighted by Gasteiger charge is 2.33. The Hall–Kier alpha value is -9.93. The summed E-state index contributed by atoms with van der Waals surface area (Å²) in [6, 6.07) is 78.2. The Balaban J connectivity index is 1.43. The van der Waals surface area contributed by atoms with Crippen LogP contribution >= 0.6 is 0 Å². The topological polar surface area (TPSA) is 115 Å². The normalized spacial score (nSPS) is 11.2. The van der Waals surface area contributed by atoms with Gasteiger partial charge in [-0.15, -0.1) is 0 Å². The number of anilines is 1. The number of nitrogens with zero attached hydrogens (tertiary/aromatic N) is 4. The second-order valence-electron chi connectivity index (χ2n) is 17.0. The lowest BCUT2D eigenvalue weighted by Crippen LogP contribution is -2.04. The first-order chi connectivity index (χ1) is 34.1. The van der Waals surface area contributed by atoms with E-state index >= 15 is 0 Å². The van der Waals surface area contributed by atoms with E-state index in [4.69, 9.17) is 10.2 Å². The fourth-order valence-electron chi connectivity index (χ4n) is 10.4. The van der Waals surface area contributed by atoms with Crippen molar-refractivity contribution in [3.8, 4) is 90.7 Å². The predicted molar refractivity (Wildman–Crippen MR) is 279 cm³/mol. The fourth-order valence-corrected chi connectivity index (χ4v) is 10.4. The summed E-state index contributed by atoms with van der Waals surface area (Å²) in [5, 5.41) is 36.5. The Labute approximate surface area is 397 Å². The summed E-state index contributed by atoms with van der Waals surface area (Å²) in [6.07, 6.45) is 0. The molecule has 0 atom stereocenters. The summed E-state index contributed by atoms with van der Waals surface area (Å²) < 4.78 is 8.95. The van der Waals surface area contributed by atoms with Crippen LogP contribution in [0.2, 0.25) is 0 Å².